The molecule has 0 aliphatic carbocycles. The van der Waals surface area contributed by atoms with Crippen molar-refractivity contribution in [3.63, 3.8) is 0 Å². The number of halogens is 1. The number of amides is 2. The Kier molecular flexibility index (Phi) is 10.8. The molecule has 9 heteroatoms. The Labute approximate surface area is 265 Å². The molecule has 4 rings (SSSR count). The highest BCUT2D eigenvalue weighted by Crippen LogP contribution is 2.29. The van der Waals surface area contributed by atoms with Crippen LogP contribution in [0.25, 0.3) is 0 Å². The predicted molar refractivity (Wildman–Crippen MR) is 176 cm³/mol. The summed E-state index contributed by atoms with van der Waals surface area (Å²) in [4.78, 5) is 29.6. The number of rotatable bonds is 12. The molecule has 2 amide bonds. The summed E-state index contributed by atoms with van der Waals surface area (Å²) in [6.07, 6.45) is 0.250. The van der Waals surface area contributed by atoms with Crippen molar-refractivity contribution in [1.29, 1.82) is 0 Å². The summed E-state index contributed by atoms with van der Waals surface area (Å²) in [5.41, 5.74) is 4.58. The zero-order valence-electron chi connectivity index (χ0n) is 25.5. The van der Waals surface area contributed by atoms with Crippen LogP contribution >= 0.6 is 11.6 Å². The summed E-state index contributed by atoms with van der Waals surface area (Å²) in [5, 5.41) is 3.42. The largest absolute Gasteiger partial charge is 0.355 e. The molecule has 1 N–H and O–H groups in total. The van der Waals surface area contributed by atoms with Crippen molar-refractivity contribution >= 4 is 39.1 Å². The topological polar surface area (TPSA) is 86.8 Å². The quantitative estimate of drug-likeness (QED) is 0.201. The van der Waals surface area contributed by atoms with Gasteiger partial charge in [-0.05, 0) is 80.3 Å². The maximum Gasteiger partial charge on any atom is 0.264 e. The fraction of sp³-hybridized carbons (Fsp3) is 0.257. The molecule has 230 valence electrons. The smallest absolute Gasteiger partial charge is 0.264 e. The van der Waals surface area contributed by atoms with E-state index in [1.807, 2.05) is 64.1 Å². The lowest BCUT2D eigenvalue weighted by Crippen LogP contribution is -2.53. The highest BCUT2D eigenvalue weighted by molar-refractivity contribution is 7.92. The number of nitrogens with zero attached hydrogens (tertiary/aromatic N) is 2. The molecule has 7 nitrogen and oxygen atoms in total. The van der Waals surface area contributed by atoms with Gasteiger partial charge in [0.2, 0.25) is 11.8 Å². The predicted octanol–water partition coefficient (Wildman–Crippen LogP) is 6.24. The Bertz CT molecular complexity index is 1690. The Morgan fingerprint density at radius 1 is 0.818 bits per heavy atom. The van der Waals surface area contributed by atoms with Crippen molar-refractivity contribution in [3.8, 4) is 0 Å². The van der Waals surface area contributed by atoms with Crippen LogP contribution in [0, 0.1) is 20.8 Å². The van der Waals surface area contributed by atoms with Crippen molar-refractivity contribution in [2.45, 2.75) is 51.6 Å². The molecular weight excluding hydrogens is 594 g/mol. The number of carbonyl (C=O) groups excluding carboxylic acids is 2. The summed E-state index contributed by atoms with van der Waals surface area (Å²) in [7, 11) is -4.16. The van der Waals surface area contributed by atoms with Gasteiger partial charge < -0.3 is 10.2 Å². The molecule has 1 unspecified atom stereocenters. The van der Waals surface area contributed by atoms with E-state index in [1.54, 1.807) is 60.7 Å². The van der Waals surface area contributed by atoms with Crippen LogP contribution in [-0.2, 0) is 32.6 Å². The highest BCUT2D eigenvalue weighted by atomic mass is 35.5. The van der Waals surface area contributed by atoms with Crippen molar-refractivity contribution in [2.24, 2.45) is 0 Å². The minimum absolute atomic E-state index is 0.0746. The number of nitrogens with one attached hydrogen (secondary N) is 1. The maximum absolute atomic E-state index is 14.5. The molecule has 0 saturated carbocycles. The summed E-state index contributed by atoms with van der Waals surface area (Å²) < 4.78 is 29.6. The van der Waals surface area contributed by atoms with Crippen LogP contribution in [0.5, 0.6) is 0 Å². The number of sulfonamides is 1. The molecule has 0 spiro atoms. The van der Waals surface area contributed by atoms with E-state index in [1.165, 1.54) is 4.90 Å². The monoisotopic (exact) mass is 631 g/mol. The maximum atomic E-state index is 14.5. The molecule has 0 fully saturated rings. The first-order valence-electron chi connectivity index (χ1n) is 14.5. The molecule has 4 aromatic rings. The van der Waals surface area contributed by atoms with E-state index in [4.69, 9.17) is 11.6 Å². The number of hydrogen-bond acceptors (Lipinski definition) is 4. The average Bonchev–Trinajstić information content (AvgIpc) is 3.01. The van der Waals surface area contributed by atoms with Gasteiger partial charge in [-0.3, -0.25) is 13.9 Å². The molecule has 0 heterocycles. The fourth-order valence-corrected chi connectivity index (χ4v) is 6.59. The lowest BCUT2D eigenvalue weighted by molar-refractivity contribution is -0.140. The van der Waals surface area contributed by atoms with Gasteiger partial charge in [0.05, 0.1) is 10.6 Å². The fourth-order valence-electron chi connectivity index (χ4n) is 4.99. The zero-order chi connectivity index (χ0) is 31.9. The summed E-state index contributed by atoms with van der Waals surface area (Å²) in [5.74, 6) is -0.831. The van der Waals surface area contributed by atoms with Crippen LogP contribution in [0.1, 0.15) is 34.7 Å². The SMILES string of the molecule is CCNC(=O)C(Cc1ccccc1)N(Cc1ccc(Cl)cc1)C(=O)CN(c1cccc(C)c1C)S(=O)(=O)c1ccc(C)cc1. The van der Waals surface area contributed by atoms with Crippen molar-refractivity contribution in [1.82, 2.24) is 10.2 Å². The Balaban J connectivity index is 1.82. The second-order valence-electron chi connectivity index (χ2n) is 10.8. The average molecular weight is 632 g/mol. The van der Waals surface area contributed by atoms with Gasteiger partial charge in [-0.2, -0.15) is 0 Å². The van der Waals surface area contributed by atoms with Gasteiger partial charge in [0, 0.05) is 24.5 Å². The van der Waals surface area contributed by atoms with E-state index in [2.05, 4.69) is 5.32 Å². The van der Waals surface area contributed by atoms with Gasteiger partial charge >= 0.3 is 0 Å². The Hall–Kier alpha value is -4.14. The van der Waals surface area contributed by atoms with E-state index >= 15 is 0 Å². The second kappa shape index (κ2) is 14.6. The van der Waals surface area contributed by atoms with E-state index in [0.717, 1.165) is 32.1 Å². The third-order valence-corrected chi connectivity index (χ3v) is 9.65. The van der Waals surface area contributed by atoms with Gasteiger partial charge in [-0.25, -0.2) is 8.42 Å². The number of anilines is 1. The van der Waals surface area contributed by atoms with E-state index in [-0.39, 0.29) is 23.8 Å². The molecular formula is C35H38ClN3O4S. The van der Waals surface area contributed by atoms with Crippen molar-refractivity contribution < 1.29 is 18.0 Å². The normalized spacial score (nSPS) is 11.9. The molecule has 0 saturated heterocycles. The van der Waals surface area contributed by atoms with Crippen LogP contribution < -0.4 is 9.62 Å². The molecule has 0 aromatic heterocycles. The minimum Gasteiger partial charge on any atom is -0.355 e. The van der Waals surface area contributed by atoms with Crippen LogP contribution in [0.15, 0.2) is 102 Å². The second-order valence-corrected chi connectivity index (χ2v) is 13.1. The summed E-state index contributed by atoms with van der Waals surface area (Å²) in [6.45, 7) is 7.39. The third-order valence-electron chi connectivity index (χ3n) is 7.62. The van der Waals surface area contributed by atoms with Crippen molar-refractivity contribution in [3.05, 3.63) is 130 Å². The molecule has 1 atom stereocenters. The van der Waals surface area contributed by atoms with Crippen LogP contribution in [0.4, 0.5) is 5.69 Å². The van der Waals surface area contributed by atoms with E-state index in [0.29, 0.717) is 17.3 Å². The van der Waals surface area contributed by atoms with Gasteiger partial charge in [-0.1, -0.05) is 83.9 Å². The number of hydrogen-bond donors (Lipinski definition) is 1. The van der Waals surface area contributed by atoms with E-state index in [9.17, 15) is 18.0 Å². The number of benzene rings is 4. The zero-order valence-corrected chi connectivity index (χ0v) is 27.0. The molecule has 0 bridgehead atoms. The lowest BCUT2D eigenvalue weighted by atomic mass is 10.0. The molecule has 0 aliphatic heterocycles. The summed E-state index contributed by atoms with van der Waals surface area (Å²) in [6, 6.07) is 27.5. The number of carbonyl (C=O) groups is 2. The van der Waals surface area contributed by atoms with Crippen LogP contribution in [0.3, 0.4) is 0 Å². The Morgan fingerprint density at radius 3 is 2.11 bits per heavy atom. The molecule has 4 aromatic carbocycles. The first kappa shape index (κ1) is 32.8. The first-order chi connectivity index (χ1) is 21.0. The standard InChI is InChI=1S/C35H38ClN3O4S/c1-5-37-35(41)33(22-28-11-7-6-8-12-28)38(23-29-16-18-30(36)19-17-29)34(40)24-39(32-13-9-10-26(3)27(32)4)44(42,43)31-20-14-25(2)15-21-31/h6-21,33H,5,22-24H2,1-4H3,(H,37,41). The van der Waals surface area contributed by atoms with Gasteiger partial charge in [0.15, 0.2) is 0 Å². The van der Waals surface area contributed by atoms with Gasteiger partial charge in [0.1, 0.15) is 12.6 Å². The number of likely N-dealkylation sites (N-methyl/N-ethyl adjacent to an activating group) is 1. The number of aryl methyl sites for hydroxylation is 2. The third kappa shape index (κ3) is 7.87. The molecule has 0 radical (unpaired) electrons. The highest BCUT2D eigenvalue weighted by Gasteiger charge is 2.35. The van der Waals surface area contributed by atoms with Gasteiger partial charge in [-0.15, -0.1) is 0 Å². The van der Waals surface area contributed by atoms with Crippen molar-refractivity contribution in [2.75, 3.05) is 17.4 Å². The minimum atomic E-state index is -4.16. The van der Waals surface area contributed by atoms with Crippen LogP contribution in [-0.4, -0.2) is 44.3 Å². The van der Waals surface area contributed by atoms with Gasteiger partial charge in [0.25, 0.3) is 10.0 Å². The molecule has 44 heavy (non-hydrogen) atoms. The summed E-state index contributed by atoms with van der Waals surface area (Å²) >= 11 is 6.14. The lowest BCUT2D eigenvalue weighted by Gasteiger charge is -2.34. The van der Waals surface area contributed by atoms with E-state index < -0.39 is 28.5 Å². The first-order valence-corrected chi connectivity index (χ1v) is 16.3. The Morgan fingerprint density at radius 2 is 1.48 bits per heavy atom. The molecule has 0 aliphatic rings. The van der Waals surface area contributed by atoms with Crippen LogP contribution in [0.2, 0.25) is 5.02 Å².